The van der Waals surface area contributed by atoms with E-state index in [9.17, 15) is 9.18 Å². The molecule has 0 saturated carbocycles. The van der Waals surface area contributed by atoms with E-state index in [0.717, 1.165) is 0 Å². The molecule has 0 amide bonds. The molecule has 1 aromatic carbocycles. The normalized spacial score (nSPS) is 9.88. The number of hydrogen-bond acceptors (Lipinski definition) is 4. The van der Waals surface area contributed by atoms with Crippen LogP contribution in [-0.4, -0.2) is 26.8 Å². The number of methoxy groups -OCH3 is 2. The Labute approximate surface area is 99.3 Å². The fourth-order valence-corrected chi connectivity index (χ4v) is 1.46. The molecule has 0 aliphatic rings. The first-order valence-electron chi connectivity index (χ1n) is 5.19. The SMILES string of the molecule is CCOC(=O)Cc1ccc(OC)c(F)c1OC. The van der Waals surface area contributed by atoms with E-state index in [2.05, 4.69) is 0 Å². The van der Waals surface area contributed by atoms with Gasteiger partial charge < -0.3 is 14.2 Å². The van der Waals surface area contributed by atoms with E-state index in [-0.39, 0.29) is 17.9 Å². The average Bonchev–Trinajstić information content (AvgIpc) is 2.30. The minimum Gasteiger partial charge on any atom is -0.494 e. The largest absolute Gasteiger partial charge is 0.494 e. The molecule has 1 aromatic rings. The molecule has 0 aromatic heterocycles. The molecule has 4 nitrogen and oxygen atoms in total. The monoisotopic (exact) mass is 242 g/mol. The predicted molar refractivity (Wildman–Crippen MR) is 59.8 cm³/mol. The Morgan fingerprint density at radius 2 is 2.00 bits per heavy atom. The van der Waals surface area contributed by atoms with Gasteiger partial charge in [0.25, 0.3) is 0 Å². The van der Waals surface area contributed by atoms with Crippen molar-refractivity contribution in [3.63, 3.8) is 0 Å². The molecule has 0 saturated heterocycles. The molecule has 17 heavy (non-hydrogen) atoms. The highest BCUT2D eigenvalue weighted by molar-refractivity contribution is 5.73. The van der Waals surface area contributed by atoms with Crippen molar-refractivity contribution in [2.24, 2.45) is 0 Å². The molecule has 0 aliphatic carbocycles. The molecule has 0 aliphatic heterocycles. The summed E-state index contributed by atoms with van der Waals surface area (Å²) in [6, 6.07) is 3.03. The second-order valence-corrected chi connectivity index (χ2v) is 3.26. The lowest BCUT2D eigenvalue weighted by Gasteiger charge is -2.11. The van der Waals surface area contributed by atoms with Gasteiger partial charge in [-0.25, -0.2) is 0 Å². The molecule has 0 atom stereocenters. The second kappa shape index (κ2) is 6.08. The van der Waals surface area contributed by atoms with Crippen LogP contribution in [0.2, 0.25) is 0 Å². The predicted octanol–water partition coefficient (Wildman–Crippen LogP) is 1.95. The van der Waals surface area contributed by atoms with E-state index in [1.807, 2.05) is 0 Å². The number of carbonyl (C=O) groups excluding carboxylic acids is 1. The number of hydrogen-bond donors (Lipinski definition) is 0. The standard InChI is InChI=1S/C12H15FO4/c1-4-17-10(14)7-8-5-6-9(15-2)11(13)12(8)16-3/h5-6H,4,7H2,1-3H3. The van der Waals surface area contributed by atoms with Gasteiger partial charge >= 0.3 is 5.97 Å². The summed E-state index contributed by atoms with van der Waals surface area (Å²) in [5.41, 5.74) is 0.434. The summed E-state index contributed by atoms with van der Waals surface area (Å²) in [6.07, 6.45) is -0.0298. The number of benzene rings is 1. The van der Waals surface area contributed by atoms with Gasteiger partial charge in [-0.15, -0.1) is 0 Å². The topological polar surface area (TPSA) is 44.8 Å². The van der Waals surface area contributed by atoms with E-state index >= 15 is 0 Å². The summed E-state index contributed by atoms with van der Waals surface area (Å²) >= 11 is 0. The number of carbonyl (C=O) groups is 1. The van der Waals surface area contributed by atoms with E-state index in [4.69, 9.17) is 14.2 Å². The molecule has 0 heterocycles. The van der Waals surface area contributed by atoms with Crippen LogP contribution >= 0.6 is 0 Å². The van der Waals surface area contributed by atoms with Gasteiger partial charge in [0.1, 0.15) is 0 Å². The number of halogens is 1. The minimum absolute atomic E-state index is 0.0115. The number of ether oxygens (including phenoxy) is 3. The second-order valence-electron chi connectivity index (χ2n) is 3.26. The zero-order valence-electron chi connectivity index (χ0n) is 10.1. The third-order valence-corrected chi connectivity index (χ3v) is 2.21. The Morgan fingerprint density at radius 1 is 1.29 bits per heavy atom. The lowest BCUT2D eigenvalue weighted by atomic mass is 10.1. The molecule has 94 valence electrons. The van der Waals surface area contributed by atoms with Gasteiger partial charge in [-0.05, 0) is 13.0 Å². The molecular weight excluding hydrogens is 227 g/mol. The third-order valence-electron chi connectivity index (χ3n) is 2.21. The third kappa shape index (κ3) is 3.09. The molecular formula is C12H15FO4. The molecule has 1 rings (SSSR count). The van der Waals surface area contributed by atoms with Crippen LogP contribution in [0.1, 0.15) is 12.5 Å². The first kappa shape index (κ1) is 13.3. The van der Waals surface area contributed by atoms with Crippen LogP contribution in [0.15, 0.2) is 12.1 Å². The Hall–Kier alpha value is -1.78. The van der Waals surface area contributed by atoms with Gasteiger partial charge in [0, 0.05) is 5.56 Å². The lowest BCUT2D eigenvalue weighted by molar-refractivity contribution is -0.142. The molecule has 0 fully saturated rings. The van der Waals surface area contributed by atoms with E-state index in [1.54, 1.807) is 13.0 Å². The Morgan fingerprint density at radius 3 is 2.53 bits per heavy atom. The van der Waals surface area contributed by atoms with Gasteiger partial charge in [0.15, 0.2) is 11.5 Å². The molecule has 0 bridgehead atoms. The number of esters is 1. The van der Waals surface area contributed by atoms with Crippen LogP contribution in [-0.2, 0) is 16.0 Å². The number of rotatable bonds is 5. The summed E-state index contributed by atoms with van der Waals surface area (Å²) in [7, 11) is 2.70. The van der Waals surface area contributed by atoms with Crippen molar-refractivity contribution in [3.05, 3.63) is 23.5 Å². The first-order chi connectivity index (χ1) is 8.13. The maximum atomic E-state index is 13.8. The Balaban J connectivity index is 3.00. The van der Waals surface area contributed by atoms with Crippen LogP contribution in [0.3, 0.4) is 0 Å². The maximum absolute atomic E-state index is 13.8. The zero-order valence-corrected chi connectivity index (χ0v) is 10.1. The highest BCUT2D eigenvalue weighted by atomic mass is 19.1. The maximum Gasteiger partial charge on any atom is 0.310 e. The Kier molecular flexibility index (Phi) is 4.75. The molecule has 0 radical (unpaired) electrons. The average molecular weight is 242 g/mol. The molecule has 0 spiro atoms. The summed E-state index contributed by atoms with van der Waals surface area (Å²) in [4.78, 5) is 11.3. The fraction of sp³-hybridized carbons (Fsp3) is 0.417. The van der Waals surface area contributed by atoms with Gasteiger partial charge in [0.2, 0.25) is 5.82 Å². The summed E-state index contributed by atoms with van der Waals surface area (Å²) in [6.45, 7) is 2.00. The van der Waals surface area contributed by atoms with Crippen molar-refractivity contribution in [1.82, 2.24) is 0 Å². The summed E-state index contributed by atoms with van der Waals surface area (Å²) in [5, 5.41) is 0. The van der Waals surface area contributed by atoms with Crippen molar-refractivity contribution in [1.29, 1.82) is 0 Å². The van der Waals surface area contributed by atoms with Crippen molar-refractivity contribution < 1.29 is 23.4 Å². The van der Waals surface area contributed by atoms with E-state index in [1.165, 1.54) is 20.3 Å². The van der Waals surface area contributed by atoms with Gasteiger partial charge in [-0.1, -0.05) is 6.07 Å². The van der Waals surface area contributed by atoms with Crippen LogP contribution in [0.4, 0.5) is 4.39 Å². The summed E-state index contributed by atoms with van der Waals surface area (Å²) in [5.74, 6) is -0.945. The fourth-order valence-electron chi connectivity index (χ4n) is 1.46. The van der Waals surface area contributed by atoms with Crippen molar-refractivity contribution in [2.45, 2.75) is 13.3 Å². The molecule has 0 N–H and O–H groups in total. The highest BCUT2D eigenvalue weighted by Crippen LogP contribution is 2.30. The van der Waals surface area contributed by atoms with Crippen LogP contribution in [0.5, 0.6) is 11.5 Å². The van der Waals surface area contributed by atoms with Crippen LogP contribution < -0.4 is 9.47 Å². The molecule has 5 heteroatoms. The van der Waals surface area contributed by atoms with Crippen molar-refractivity contribution in [2.75, 3.05) is 20.8 Å². The minimum atomic E-state index is -0.614. The first-order valence-corrected chi connectivity index (χ1v) is 5.19. The zero-order chi connectivity index (χ0) is 12.8. The molecule has 0 unspecified atom stereocenters. The smallest absolute Gasteiger partial charge is 0.310 e. The van der Waals surface area contributed by atoms with Gasteiger partial charge in [0.05, 0.1) is 27.2 Å². The quantitative estimate of drug-likeness (QED) is 0.740. The van der Waals surface area contributed by atoms with Crippen LogP contribution in [0.25, 0.3) is 0 Å². The van der Waals surface area contributed by atoms with Crippen molar-refractivity contribution >= 4 is 5.97 Å². The van der Waals surface area contributed by atoms with Gasteiger partial charge in [-0.3, -0.25) is 4.79 Å². The lowest BCUT2D eigenvalue weighted by Crippen LogP contribution is -2.09. The van der Waals surface area contributed by atoms with E-state index in [0.29, 0.717) is 12.2 Å². The highest BCUT2D eigenvalue weighted by Gasteiger charge is 2.17. The van der Waals surface area contributed by atoms with Gasteiger partial charge in [-0.2, -0.15) is 4.39 Å². The van der Waals surface area contributed by atoms with Crippen molar-refractivity contribution in [3.8, 4) is 11.5 Å². The summed E-state index contributed by atoms with van der Waals surface area (Å²) < 4.78 is 28.3. The van der Waals surface area contributed by atoms with Crippen LogP contribution in [0, 0.1) is 5.82 Å². The van der Waals surface area contributed by atoms with E-state index < -0.39 is 11.8 Å². The Bertz CT molecular complexity index is 404.